The van der Waals surface area contributed by atoms with E-state index in [1.165, 1.54) is 0 Å². The molecule has 3 N–H and O–H groups in total. The molecule has 14 heavy (non-hydrogen) atoms. The molecule has 0 aliphatic rings. The monoisotopic (exact) mass is 215 g/mol. The molecule has 0 radical (unpaired) electrons. The molecule has 0 saturated carbocycles. The third-order valence-electron chi connectivity index (χ3n) is 1.86. The lowest BCUT2D eigenvalue weighted by Crippen LogP contribution is -2.20. The zero-order valence-corrected chi connectivity index (χ0v) is 8.54. The first-order valence-electron chi connectivity index (χ1n) is 4.44. The number of rotatable bonds is 5. The molecule has 78 valence electrons. The smallest absolute Gasteiger partial charge is 0.0847 e. The van der Waals surface area contributed by atoms with Gasteiger partial charge < -0.3 is 15.5 Å². The van der Waals surface area contributed by atoms with Gasteiger partial charge in [0.1, 0.15) is 0 Å². The maximum absolute atomic E-state index is 9.19. The number of benzene rings is 1. The highest BCUT2D eigenvalue weighted by atomic mass is 35.5. The van der Waals surface area contributed by atoms with Crippen LogP contribution in [-0.2, 0) is 6.61 Å². The zero-order valence-electron chi connectivity index (χ0n) is 7.78. The maximum atomic E-state index is 9.19. The molecule has 0 amide bonds. The van der Waals surface area contributed by atoms with Gasteiger partial charge in [-0.2, -0.15) is 0 Å². The SMILES string of the molecule is OCc1ccc(NCC(O)CCl)cc1. The molecule has 1 rings (SSSR count). The molecule has 3 nitrogen and oxygen atoms in total. The van der Waals surface area contributed by atoms with Crippen molar-refractivity contribution >= 4 is 17.3 Å². The minimum Gasteiger partial charge on any atom is -0.392 e. The van der Waals surface area contributed by atoms with Crippen molar-refractivity contribution in [2.45, 2.75) is 12.7 Å². The fraction of sp³-hybridized carbons (Fsp3) is 0.400. The number of halogens is 1. The summed E-state index contributed by atoms with van der Waals surface area (Å²) in [6, 6.07) is 7.36. The van der Waals surface area contributed by atoms with Gasteiger partial charge in [0, 0.05) is 12.2 Å². The largest absolute Gasteiger partial charge is 0.392 e. The summed E-state index contributed by atoms with van der Waals surface area (Å²) >= 11 is 5.44. The van der Waals surface area contributed by atoms with Crippen LogP contribution in [0.5, 0.6) is 0 Å². The second-order valence-corrected chi connectivity index (χ2v) is 3.35. The summed E-state index contributed by atoms with van der Waals surface area (Å²) in [5.41, 5.74) is 1.78. The van der Waals surface area contributed by atoms with E-state index in [1.54, 1.807) is 0 Å². The summed E-state index contributed by atoms with van der Waals surface area (Å²) in [5, 5.41) is 21.0. The average Bonchev–Trinajstić information content (AvgIpc) is 2.26. The van der Waals surface area contributed by atoms with E-state index < -0.39 is 6.10 Å². The van der Waals surface area contributed by atoms with Crippen LogP contribution in [0.3, 0.4) is 0 Å². The molecule has 1 aromatic carbocycles. The van der Waals surface area contributed by atoms with Crippen LogP contribution in [-0.4, -0.2) is 28.7 Å². The summed E-state index contributed by atoms with van der Waals surface area (Å²) in [6.07, 6.45) is -0.533. The van der Waals surface area contributed by atoms with Gasteiger partial charge in [0.15, 0.2) is 0 Å². The number of nitrogens with one attached hydrogen (secondary N) is 1. The van der Waals surface area contributed by atoms with Crippen molar-refractivity contribution in [2.75, 3.05) is 17.7 Å². The van der Waals surface area contributed by atoms with Crippen molar-refractivity contribution in [3.05, 3.63) is 29.8 Å². The Morgan fingerprint density at radius 1 is 1.29 bits per heavy atom. The first kappa shape index (κ1) is 11.3. The minimum atomic E-state index is -0.533. The van der Waals surface area contributed by atoms with Crippen LogP contribution in [0, 0.1) is 0 Å². The van der Waals surface area contributed by atoms with Crippen molar-refractivity contribution in [1.82, 2.24) is 0 Å². The van der Waals surface area contributed by atoms with Crippen LogP contribution in [0.4, 0.5) is 5.69 Å². The van der Waals surface area contributed by atoms with Crippen LogP contribution in [0.1, 0.15) is 5.56 Å². The van der Waals surface area contributed by atoms with Crippen molar-refractivity contribution in [3.8, 4) is 0 Å². The lowest BCUT2D eigenvalue weighted by Gasteiger charge is -2.09. The van der Waals surface area contributed by atoms with Crippen molar-refractivity contribution in [1.29, 1.82) is 0 Å². The average molecular weight is 216 g/mol. The molecule has 1 aromatic rings. The zero-order chi connectivity index (χ0) is 10.4. The van der Waals surface area contributed by atoms with Crippen LogP contribution in [0.25, 0.3) is 0 Å². The second-order valence-electron chi connectivity index (χ2n) is 3.04. The molecule has 0 saturated heterocycles. The number of alkyl halides is 1. The van der Waals surface area contributed by atoms with E-state index >= 15 is 0 Å². The Hall–Kier alpha value is -0.770. The summed E-state index contributed by atoms with van der Waals surface area (Å²) in [5.74, 6) is 0.224. The Labute approximate surface area is 88.3 Å². The summed E-state index contributed by atoms with van der Waals surface area (Å²) in [4.78, 5) is 0. The Bertz CT molecular complexity index is 263. The number of hydrogen-bond acceptors (Lipinski definition) is 3. The molecule has 0 aliphatic heterocycles. The van der Waals surface area contributed by atoms with Crippen molar-refractivity contribution in [2.24, 2.45) is 0 Å². The van der Waals surface area contributed by atoms with Crippen LogP contribution >= 0.6 is 11.6 Å². The lowest BCUT2D eigenvalue weighted by molar-refractivity contribution is 0.211. The predicted molar refractivity (Wildman–Crippen MR) is 57.6 cm³/mol. The third kappa shape index (κ3) is 3.54. The van der Waals surface area contributed by atoms with Crippen LogP contribution < -0.4 is 5.32 Å². The molecule has 4 heteroatoms. The third-order valence-corrected chi connectivity index (χ3v) is 2.21. The quantitative estimate of drug-likeness (QED) is 0.647. The highest BCUT2D eigenvalue weighted by Crippen LogP contribution is 2.09. The molecule has 1 atom stereocenters. The maximum Gasteiger partial charge on any atom is 0.0847 e. The highest BCUT2D eigenvalue weighted by Gasteiger charge is 2.00. The van der Waals surface area contributed by atoms with Gasteiger partial charge in [0.2, 0.25) is 0 Å². The summed E-state index contributed by atoms with van der Waals surface area (Å²) in [6.45, 7) is 0.479. The molecule has 0 spiro atoms. The highest BCUT2D eigenvalue weighted by molar-refractivity contribution is 6.18. The summed E-state index contributed by atoms with van der Waals surface area (Å²) < 4.78 is 0. The predicted octanol–water partition coefficient (Wildman–Crippen LogP) is 1.19. The number of hydrogen-bond donors (Lipinski definition) is 3. The normalized spacial score (nSPS) is 12.5. The van der Waals surface area contributed by atoms with E-state index in [0.717, 1.165) is 11.3 Å². The lowest BCUT2D eigenvalue weighted by atomic mass is 10.2. The molecular formula is C10H14ClNO2. The second kappa shape index (κ2) is 5.86. The van der Waals surface area contributed by atoms with Gasteiger partial charge in [-0.1, -0.05) is 12.1 Å². The van der Waals surface area contributed by atoms with E-state index in [2.05, 4.69) is 5.32 Å². The van der Waals surface area contributed by atoms with Crippen molar-refractivity contribution < 1.29 is 10.2 Å². The van der Waals surface area contributed by atoms with Gasteiger partial charge in [-0.3, -0.25) is 0 Å². The van der Waals surface area contributed by atoms with E-state index in [1.807, 2.05) is 24.3 Å². The Morgan fingerprint density at radius 2 is 1.93 bits per heavy atom. The number of aliphatic hydroxyl groups excluding tert-OH is 2. The Balaban J connectivity index is 2.43. The molecular weight excluding hydrogens is 202 g/mol. The molecule has 1 unspecified atom stereocenters. The molecule has 0 fully saturated rings. The topological polar surface area (TPSA) is 52.5 Å². The van der Waals surface area contributed by atoms with Gasteiger partial charge in [-0.05, 0) is 17.7 Å². The van der Waals surface area contributed by atoms with Gasteiger partial charge in [0.25, 0.3) is 0 Å². The van der Waals surface area contributed by atoms with E-state index in [4.69, 9.17) is 16.7 Å². The number of aliphatic hydroxyl groups is 2. The van der Waals surface area contributed by atoms with Gasteiger partial charge >= 0.3 is 0 Å². The molecule has 0 bridgehead atoms. The first-order chi connectivity index (χ1) is 6.76. The van der Waals surface area contributed by atoms with Crippen LogP contribution in [0.2, 0.25) is 0 Å². The molecule has 0 aliphatic carbocycles. The van der Waals surface area contributed by atoms with Gasteiger partial charge in [-0.25, -0.2) is 0 Å². The van der Waals surface area contributed by atoms with Gasteiger partial charge in [0.05, 0.1) is 18.6 Å². The number of anilines is 1. The Morgan fingerprint density at radius 3 is 2.43 bits per heavy atom. The van der Waals surface area contributed by atoms with Crippen molar-refractivity contribution in [3.63, 3.8) is 0 Å². The Kier molecular flexibility index (Phi) is 4.73. The molecule has 0 aromatic heterocycles. The minimum absolute atomic E-state index is 0.0462. The van der Waals surface area contributed by atoms with Crippen LogP contribution in [0.15, 0.2) is 24.3 Å². The fourth-order valence-electron chi connectivity index (χ4n) is 1.02. The fourth-order valence-corrected chi connectivity index (χ4v) is 1.13. The van der Waals surface area contributed by atoms with Gasteiger partial charge in [-0.15, -0.1) is 11.6 Å². The van der Waals surface area contributed by atoms with E-state index in [-0.39, 0.29) is 12.5 Å². The summed E-state index contributed by atoms with van der Waals surface area (Å²) in [7, 11) is 0. The standard InChI is InChI=1S/C10H14ClNO2/c11-5-10(14)6-12-9-3-1-8(7-13)2-4-9/h1-4,10,12-14H,5-7H2. The van der Waals surface area contributed by atoms with E-state index in [9.17, 15) is 5.11 Å². The van der Waals surface area contributed by atoms with E-state index in [0.29, 0.717) is 6.54 Å². The first-order valence-corrected chi connectivity index (χ1v) is 4.97. The molecule has 0 heterocycles.